The quantitative estimate of drug-likeness (QED) is 0.184. The summed E-state index contributed by atoms with van der Waals surface area (Å²) in [7, 11) is 0. The lowest BCUT2D eigenvalue weighted by molar-refractivity contribution is 0.135. The molecule has 0 radical (unpaired) electrons. The number of allylic oxidation sites excluding steroid dienone is 2. The maximum Gasteiger partial charge on any atom is 0.123 e. The van der Waals surface area contributed by atoms with Crippen molar-refractivity contribution in [3.8, 4) is 0 Å². The van der Waals surface area contributed by atoms with E-state index in [1.807, 2.05) is 6.07 Å². The minimum atomic E-state index is -0.178. The molecule has 0 aromatic heterocycles. The lowest BCUT2D eigenvalue weighted by atomic mass is 9.90. The van der Waals surface area contributed by atoms with Gasteiger partial charge in [-0.05, 0) is 112 Å². The molecule has 0 amide bonds. The molecule has 0 heterocycles. The topological polar surface area (TPSA) is 12.5 Å². The van der Waals surface area contributed by atoms with E-state index in [0.717, 1.165) is 44.5 Å². The number of rotatable bonds is 14. The van der Waals surface area contributed by atoms with Crippen LogP contribution in [0.4, 0.5) is 4.39 Å². The van der Waals surface area contributed by atoms with Crippen molar-refractivity contribution in [3.05, 3.63) is 71.0 Å². The smallest absolute Gasteiger partial charge is 0.123 e. The van der Waals surface area contributed by atoms with E-state index in [9.17, 15) is 4.39 Å². The van der Waals surface area contributed by atoms with E-state index >= 15 is 0 Å². The van der Waals surface area contributed by atoms with Crippen LogP contribution in [0.3, 0.4) is 0 Å². The van der Waals surface area contributed by atoms with Gasteiger partial charge in [-0.2, -0.15) is 0 Å². The van der Waals surface area contributed by atoms with Crippen LogP contribution in [-0.2, 0) is 4.74 Å². The van der Waals surface area contributed by atoms with Gasteiger partial charge in [-0.1, -0.05) is 84.4 Å². The van der Waals surface area contributed by atoms with E-state index in [0.29, 0.717) is 0 Å². The molecule has 0 saturated heterocycles. The summed E-state index contributed by atoms with van der Waals surface area (Å²) in [4.78, 5) is 2.54. The highest BCUT2D eigenvalue weighted by atomic mass is 19.1. The van der Waals surface area contributed by atoms with Crippen molar-refractivity contribution in [1.29, 1.82) is 0 Å². The van der Waals surface area contributed by atoms with E-state index in [1.165, 1.54) is 67.2 Å². The number of hydrogen-bond donors (Lipinski definition) is 0. The van der Waals surface area contributed by atoms with Gasteiger partial charge in [-0.25, -0.2) is 4.39 Å². The molecular formula is C34H56FNO. The van der Waals surface area contributed by atoms with Crippen LogP contribution >= 0.6 is 0 Å². The molecule has 0 N–H and O–H groups in total. The molecule has 0 bridgehead atoms. The third-order valence-corrected chi connectivity index (χ3v) is 6.00. The second-order valence-electron chi connectivity index (χ2n) is 9.63. The fourth-order valence-electron chi connectivity index (χ4n) is 4.26. The van der Waals surface area contributed by atoms with Crippen molar-refractivity contribution >= 4 is 11.1 Å². The number of aryl methyl sites for hydroxylation is 1. The van der Waals surface area contributed by atoms with Gasteiger partial charge in [0.2, 0.25) is 0 Å². The highest BCUT2D eigenvalue weighted by Crippen LogP contribution is 2.31. The third-order valence-electron chi connectivity index (χ3n) is 6.00. The van der Waals surface area contributed by atoms with Crippen molar-refractivity contribution in [2.75, 3.05) is 32.8 Å². The Morgan fingerprint density at radius 2 is 1.30 bits per heavy atom. The summed E-state index contributed by atoms with van der Waals surface area (Å²) in [5, 5.41) is 0. The van der Waals surface area contributed by atoms with Crippen molar-refractivity contribution in [3.63, 3.8) is 0 Å². The molecule has 0 aliphatic heterocycles. The average Bonchev–Trinajstić information content (AvgIpc) is 2.89. The summed E-state index contributed by atoms with van der Waals surface area (Å²) in [5.41, 5.74) is 6.00. The Hall–Kier alpha value is -1.97. The van der Waals surface area contributed by atoms with E-state index < -0.39 is 0 Å². The summed E-state index contributed by atoms with van der Waals surface area (Å²) in [6.07, 6.45) is 8.24. The standard InChI is InChI=1S/C19H21F.C9H21N.C6H14O/c1-4-8-19(18-12-6-5-9-14(18)2)15(3)16-10-7-11-17(20)13-16;1-4-7-10(8-5-2)9-6-3;1-3-5-7-6-4-2/h5-7,9-13H,4,8H2,1-3H3;4-9H2,1-3H3;3-6H2,1-2H3/b19-15+;;. The minimum Gasteiger partial charge on any atom is -0.381 e. The molecule has 2 aromatic rings. The van der Waals surface area contributed by atoms with Gasteiger partial charge in [-0.3, -0.25) is 0 Å². The predicted molar refractivity (Wildman–Crippen MR) is 164 cm³/mol. The van der Waals surface area contributed by atoms with Gasteiger partial charge in [0.1, 0.15) is 5.82 Å². The van der Waals surface area contributed by atoms with Crippen LogP contribution < -0.4 is 0 Å². The highest BCUT2D eigenvalue weighted by molar-refractivity contribution is 5.90. The second-order valence-corrected chi connectivity index (χ2v) is 9.63. The Bertz CT molecular complexity index is 827. The van der Waals surface area contributed by atoms with Crippen LogP contribution in [0, 0.1) is 12.7 Å². The largest absolute Gasteiger partial charge is 0.381 e. The maximum atomic E-state index is 13.4. The Morgan fingerprint density at radius 1 is 0.730 bits per heavy atom. The van der Waals surface area contributed by atoms with Crippen LogP contribution in [-0.4, -0.2) is 37.7 Å². The Morgan fingerprint density at radius 3 is 1.76 bits per heavy atom. The molecule has 0 spiro atoms. The molecule has 37 heavy (non-hydrogen) atoms. The predicted octanol–water partition coefficient (Wildman–Crippen LogP) is 10.2. The van der Waals surface area contributed by atoms with Gasteiger partial charge in [0.05, 0.1) is 0 Å². The van der Waals surface area contributed by atoms with E-state index in [-0.39, 0.29) is 5.82 Å². The van der Waals surface area contributed by atoms with E-state index in [1.54, 1.807) is 12.1 Å². The average molecular weight is 514 g/mol. The van der Waals surface area contributed by atoms with Crippen molar-refractivity contribution in [2.45, 2.75) is 100 Å². The number of hydrogen-bond acceptors (Lipinski definition) is 2. The SMILES string of the molecule is CCC/C(=C(/C)c1cccc(F)c1)c1ccccc1C.CCCN(CCC)CCC.CCCOCCC. The second kappa shape index (κ2) is 23.2. The molecule has 3 heteroatoms. The molecule has 2 aromatic carbocycles. The summed E-state index contributed by atoms with van der Waals surface area (Å²) in [6, 6.07) is 15.3. The number of ether oxygens (including phenoxy) is 1. The first-order chi connectivity index (χ1) is 17.9. The van der Waals surface area contributed by atoms with Crippen LogP contribution in [0.5, 0.6) is 0 Å². The molecule has 0 atom stereocenters. The lowest BCUT2D eigenvalue weighted by Gasteiger charge is -2.19. The van der Waals surface area contributed by atoms with Gasteiger partial charge in [0.25, 0.3) is 0 Å². The van der Waals surface area contributed by atoms with Crippen molar-refractivity contribution in [2.24, 2.45) is 0 Å². The summed E-state index contributed by atoms with van der Waals surface area (Å²) in [6.45, 7) is 23.1. The molecule has 210 valence electrons. The molecule has 0 fully saturated rings. The third kappa shape index (κ3) is 15.8. The van der Waals surface area contributed by atoms with Crippen molar-refractivity contribution in [1.82, 2.24) is 4.90 Å². The number of benzene rings is 2. The molecule has 0 aliphatic rings. The zero-order chi connectivity index (χ0) is 27.9. The van der Waals surface area contributed by atoms with Crippen LogP contribution in [0.25, 0.3) is 11.1 Å². The Kier molecular flexibility index (Phi) is 21.9. The van der Waals surface area contributed by atoms with Gasteiger partial charge >= 0.3 is 0 Å². The zero-order valence-electron chi connectivity index (χ0n) is 25.3. The Balaban J connectivity index is 0.000000637. The summed E-state index contributed by atoms with van der Waals surface area (Å²) in [5.74, 6) is -0.178. The highest BCUT2D eigenvalue weighted by Gasteiger charge is 2.10. The normalized spacial score (nSPS) is 11.3. The van der Waals surface area contributed by atoms with Gasteiger partial charge in [-0.15, -0.1) is 0 Å². The van der Waals surface area contributed by atoms with Gasteiger partial charge in [0.15, 0.2) is 0 Å². The fourth-order valence-corrected chi connectivity index (χ4v) is 4.26. The molecule has 2 nitrogen and oxygen atoms in total. The first kappa shape index (κ1) is 35.0. The van der Waals surface area contributed by atoms with Crippen molar-refractivity contribution < 1.29 is 9.13 Å². The first-order valence-electron chi connectivity index (χ1n) is 14.7. The Labute approximate surface area is 229 Å². The monoisotopic (exact) mass is 513 g/mol. The lowest BCUT2D eigenvalue weighted by Crippen LogP contribution is -2.25. The molecule has 2 rings (SSSR count). The summed E-state index contributed by atoms with van der Waals surface area (Å²) >= 11 is 0. The minimum absolute atomic E-state index is 0.178. The zero-order valence-corrected chi connectivity index (χ0v) is 25.3. The van der Waals surface area contributed by atoms with E-state index in [2.05, 4.69) is 84.6 Å². The van der Waals surface area contributed by atoms with E-state index in [4.69, 9.17) is 4.74 Å². The summed E-state index contributed by atoms with van der Waals surface area (Å²) < 4.78 is 18.6. The molecular weight excluding hydrogens is 457 g/mol. The van der Waals surface area contributed by atoms with Gasteiger partial charge < -0.3 is 9.64 Å². The first-order valence-corrected chi connectivity index (χ1v) is 14.7. The molecule has 0 aliphatic carbocycles. The molecule has 0 unspecified atom stereocenters. The fraction of sp³-hybridized carbons (Fsp3) is 0.588. The van der Waals surface area contributed by atoms with Gasteiger partial charge in [0, 0.05) is 13.2 Å². The molecule has 0 saturated carbocycles. The maximum absolute atomic E-state index is 13.4. The van der Waals surface area contributed by atoms with Crippen LogP contribution in [0.15, 0.2) is 48.5 Å². The number of nitrogens with zero attached hydrogens (tertiary/aromatic N) is 1. The van der Waals surface area contributed by atoms with Crippen LogP contribution in [0.1, 0.15) is 110 Å². The van der Waals surface area contributed by atoms with Crippen LogP contribution in [0.2, 0.25) is 0 Å². The number of halogens is 1.